The van der Waals surface area contributed by atoms with E-state index < -0.39 is 0 Å². The molecule has 0 aliphatic heterocycles. The fraction of sp³-hybridized carbons (Fsp3) is 0.130. The topological polar surface area (TPSA) is 40.5 Å². The lowest BCUT2D eigenvalue weighted by molar-refractivity contribution is 0.568. The molecule has 3 aromatic rings. The van der Waals surface area contributed by atoms with Gasteiger partial charge in [0.05, 0.1) is 0 Å². The minimum absolute atomic E-state index is 0.0394. The molecule has 0 aromatic heterocycles. The third kappa shape index (κ3) is 6.82. The fourth-order valence-corrected chi connectivity index (χ4v) is 3.50. The quantitative estimate of drug-likeness (QED) is 0.394. The third-order valence-corrected chi connectivity index (χ3v) is 5.13. The van der Waals surface area contributed by atoms with E-state index in [1.165, 1.54) is 5.56 Å². The van der Waals surface area contributed by atoms with Gasteiger partial charge in [-0.05, 0) is 66.1 Å². The van der Waals surface area contributed by atoms with Gasteiger partial charge >= 0.3 is 0 Å². The molecule has 0 saturated heterocycles. The number of thiocarbonyl (C=S) groups is 2. The summed E-state index contributed by atoms with van der Waals surface area (Å²) < 4.78 is 1.00. The highest BCUT2D eigenvalue weighted by Crippen LogP contribution is 2.27. The van der Waals surface area contributed by atoms with E-state index >= 15 is 0 Å². The molecule has 144 valence electrons. The normalized spacial score (nSPS) is 11.1. The average molecular weight is 473 g/mol. The first-order valence-electron chi connectivity index (χ1n) is 8.73. The molecule has 3 aromatic carbocycles. The largest absolute Gasteiger partial charge is 0.499 e. The summed E-state index contributed by atoms with van der Waals surface area (Å²) in [6.45, 7) is 2.15. The van der Waals surface area contributed by atoms with Crippen molar-refractivity contribution >= 4 is 50.5 Å². The molecule has 0 heterocycles. The molecule has 0 amide bonds. The van der Waals surface area contributed by atoms with Crippen molar-refractivity contribution in [3.63, 3.8) is 0 Å². The van der Waals surface area contributed by atoms with E-state index in [0.29, 0.717) is 11.5 Å². The van der Waals surface area contributed by atoms with Crippen molar-refractivity contribution in [3.05, 3.63) is 106 Å². The molecule has 0 spiro atoms. The van der Waals surface area contributed by atoms with E-state index in [9.17, 15) is 5.11 Å². The Morgan fingerprint density at radius 3 is 1.93 bits per heavy atom. The molecule has 28 heavy (non-hydrogen) atoms. The van der Waals surface area contributed by atoms with Crippen LogP contribution in [0.2, 0.25) is 0 Å². The summed E-state index contributed by atoms with van der Waals surface area (Å²) in [5, 5.41) is 18.3. The SMILES string of the molecule is CC(Cc1ccccc1)c1cc(Br)ccc1C(O)=S.OC(=S)c1ccccc1. The standard InChI is InChI=1S/C16H15BrOS.C7H6OS/c1-11(9-12-5-3-2-4-6-12)15-10-13(17)7-8-14(15)16(18)19;8-7(9)6-4-2-1-3-5-6/h2-8,10-11H,9H2,1H3,(H,18,19);1-5H,(H,8,9). The van der Waals surface area contributed by atoms with Gasteiger partial charge in [0.1, 0.15) is 0 Å². The highest BCUT2D eigenvalue weighted by atomic mass is 79.9. The second-order valence-corrected chi connectivity index (χ2v) is 7.99. The van der Waals surface area contributed by atoms with E-state index in [-0.39, 0.29) is 10.1 Å². The van der Waals surface area contributed by atoms with Crippen LogP contribution in [0.15, 0.2) is 83.3 Å². The molecule has 0 bridgehead atoms. The van der Waals surface area contributed by atoms with Gasteiger partial charge in [0.2, 0.25) is 0 Å². The van der Waals surface area contributed by atoms with E-state index in [1.807, 2.05) is 54.6 Å². The summed E-state index contributed by atoms with van der Waals surface area (Å²) in [4.78, 5) is 0. The van der Waals surface area contributed by atoms with E-state index in [1.54, 1.807) is 12.1 Å². The second kappa shape index (κ2) is 11.1. The molecule has 1 unspecified atom stereocenters. The first kappa shape index (κ1) is 22.2. The number of rotatable bonds is 5. The van der Waals surface area contributed by atoms with Gasteiger partial charge in [0.25, 0.3) is 0 Å². The van der Waals surface area contributed by atoms with Crippen LogP contribution in [0.1, 0.15) is 35.1 Å². The van der Waals surface area contributed by atoms with Gasteiger partial charge in [-0.25, -0.2) is 0 Å². The van der Waals surface area contributed by atoms with Gasteiger partial charge in [0, 0.05) is 15.6 Å². The van der Waals surface area contributed by atoms with Crippen LogP contribution in [0.25, 0.3) is 0 Å². The van der Waals surface area contributed by atoms with Crippen LogP contribution in [0.4, 0.5) is 0 Å². The maximum absolute atomic E-state index is 9.63. The Balaban J connectivity index is 0.000000261. The zero-order valence-corrected chi connectivity index (χ0v) is 18.6. The van der Waals surface area contributed by atoms with Gasteiger partial charge in [-0.15, -0.1) is 0 Å². The summed E-state index contributed by atoms with van der Waals surface area (Å²) in [5.41, 5.74) is 3.81. The Morgan fingerprint density at radius 2 is 1.43 bits per heavy atom. The number of aliphatic hydroxyl groups is 2. The highest BCUT2D eigenvalue weighted by molar-refractivity contribution is 9.10. The minimum Gasteiger partial charge on any atom is -0.499 e. The summed E-state index contributed by atoms with van der Waals surface area (Å²) in [6.07, 6.45) is 0.924. The maximum atomic E-state index is 9.63. The van der Waals surface area contributed by atoms with E-state index in [2.05, 4.69) is 47.2 Å². The Labute approximate surface area is 185 Å². The lowest BCUT2D eigenvalue weighted by atomic mass is 9.90. The highest BCUT2D eigenvalue weighted by Gasteiger charge is 2.14. The Morgan fingerprint density at radius 1 is 0.857 bits per heavy atom. The first-order chi connectivity index (χ1) is 13.4. The zero-order valence-electron chi connectivity index (χ0n) is 15.4. The van der Waals surface area contributed by atoms with Gasteiger partial charge < -0.3 is 10.2 Å². The predicted octanol–water partition coefficient (Wildman–Crippen LogP) is 6.95. The van der Waals surface area contributed by atoms with Crippen LogP contribution in [-0.2, 0) is 6.42 Å². The predicted molar refractivity (Wildman–Crippen MR) is 128 cm³/mol. The molecule has 0 aliphatic carbocycles. The molecule has 2 nitrogen and oxygen atoms in total. The Kier molecular flexibility index (Phi) is 8.77. The van der Waals surface area contributed by atoms with Gasteiger partial charge in [-0.1, -0.05) is 83.5 Å². The van der Waals surface area contributed by atoms with Crippen molar-refractivity contribution in [2.24, 2.45) is 0 Å². The smallest absolute Gasteiger partial charge is 0.188 e. The number of benzene rings is 3. The van der Waals surface area contributed by atoms with Crippen molar-refractivity contribution in [3.8, 4) is 0 Å². The third-order valence-electron chi connectivity index (χ3n) is 4.18. The van der Waals surface area contributed by atoms with Gasteiger partial charge in [-0.2, -0.15) is 0 Å². The average Bonchev–Trinajstić information content (AvgIpc) is 2.69. The molecule has 0 aliphatic rings. The molecule has 5 heteroatoms. The number of hydrogen-bond donors (Lipinski definition) is 2. The second-order valence-electron chi connectivity index (χ2n) is 6.30. The van der Waals surface area contributed by atoms with Crippen molar-refractivity contribution in [1.82, 2.24) is 0 Å². The summed E-state index contributed by atoms with van der Waals surface area (Å²) in [5.74, 6) is 0.292. The van der Waals surface area contributed by atoms with Crippen LogP contribution in [0.5, 0.6) is 0 Å². The van der Waals surface area contributed by atoms with E-state index in [0.717, 1.165) is 22.0 Å². The minimum atomic E-state index is -0.0457. The van der Waals surface area contributed by atoms with Crippen molar-refractivity contribution in [2.75, 3.05) is 0 Å². The number of halogens is 1. The van der Waals surface area contributed by atoms with Crippen molar-refractivity contribution in [1.29, 1.82) is 0 Å². The summed E-state index contributed by atoms with van der Waals surface area (Å²) in [6, 6.07) is 25.2. The molecule has 2 N–H and O–H groups in total. The first-order valence-corrected chi connectivity index (χ1v) is 10.3. The molecule has 0 saturated carbocycles. The lowest BCUT2D eigenvalue weighted by Gasteiger charge is -2.16. The zero-order chi connectivity index (χ0) is 20.5. The molecule has 0 radical (unpaired) electrons. The molecular formula is C23H21BrO2S2. The van der Waals surface area contributed by atoms with Crippen LogP contribution in [0, 0.1) is 0 Å². The van der Waals surface area contributed by atoms with Gasteiger partial charge in [-0.3, -0.25) is 0 Å². The van der Waals surface area contributed by atoms with Crippen LogP contribution >= 0.6 is 40.4 Å². The van der Waals surface area contributed by atoms with E-state index in [4.69, 9.17) is 17.3 Å². The van der Waals surface area contributed by atoms with Crippen molar-refractivity contribution < 1.29 is 10.2 Å². The molecular weight excluding hydrogens is 452 g/mol. The van der Waals surface area contributed by atoms with Crippen molar-refractivity contribution in [2.45, 2.75) is 19.3 Å². The summed E-state index contributed by atoms with van der Waals surface area (Å²) in [7, 11) is 0. The molecule has 3 rings (SSSR count). The maximum Gasteiger partial charge on any atom is 0.188 e. The van der Waals surface area contributed by atoms with Crippen LogP contribution < -0.4 is 0 Å². The summed E-state index contributed by atoms with van der Waals surface area (Å²) >= 11 is 12.9. The lowest BCUT2D eigenvalue weighted by Crippen LogP contribution is -2.06. The van der Waals surface area contributed by atoms with Gasteiger partial charge in [0.15, 0.2) is 10.1 Å². The van der Waals surface area contributed by atoms with Crippen LogP contribution in [-0.4, -0.2) is 20.3 Å². The number of aliphatic hydroxyl groups excluding tert-OH is 2. The monoisotopic (exact) mass is 472 g/mol. The Bertz CT molecular complexity index is 928. The fourth-order valence-electron chi connectivity index (χ4n) is 2.79. The number of hydrogen-bond acceptors (Lipinski definition) is 2. The molecule has 1 atom stereocenters. The van der Waals surface area contributed by atoms with Crippen LogP contribution in [0.3, 0.4) is 0 Å². The Hall–Kier alpha value is -2.08. The molecule has 0 fully saturated rings.